The lowest BCUT2D eigenvalue weighted by atomic mass is 10.1. The molecule has 0 unspecified atom stereocenters. The lowest BCUT2D eigenvalue weighted by Crippen LogP contribution is -2.17. The second kappa shape index (κ2) is 6.26. The second-order valence-corrected chi connectivity index (χ2v) is 4.66. The van der Waals surface area contributed by atoms with Gasteiger partial charge in [0.2, 0.25) is 0 Å². The third-order valence-electron chi connectivity index (χ3n) is 2.88. The number of nitrogens with two attached hydrogens (primary N) is 1. The summed E-state index contributed by atoms with van der Waals surface area (Å²) < 4.78 is 26.4. The first-order chi connectivity index (χ1) is 9.95. The molecule has 2 N–H and O–H groups in total. The highest BCUT2D eigenvalue weighted by molar-refractivity contribution is 6.09. The number of aryl methyl sites for hydroxylation is 1. The van der Waals surface area contributed by atoms with Gasteiger partial charge in [-0.25, -0.2) is 13.8 Å². The molecule has 2 aromatic rings. The number of Topliss-reactive ketones (excluding diaryl/α,β-unsaturated/α-hetero) is 1. The van der Waals surface area contributed by atoms with Crippen molar-refractivity contribution in [2.24, 2.45) is 10.7 Å². The van der Waals surface area contributed by atoms with Gasteiger partial charge in [0.15, 0.2) is 5.78 Å². The molecule has 0 atom stereocenters. The fourth-order valence-electron chi connectivity index (χ4n) is 1.80. The molecule has 0 heterocycles. The molecule has 0 saturated carbocycles. The predicted molar refractivity (Wildman–Crippen MR) is 77.8 cm³/mol. The van der Waals surface area contributed by atoms with Crippen LogP contribution in [0.4, 0.5) is 14.5 Å². The van der Waals surface area contributed by atoms with Crippen LogP contribution in [0.15, 0.2) is 47.5 Å². The van der Waals surface area contributed by atoms with E-state index in [0.717, 1.165) is 5.56 Å². The number of amidine groups is 1. The number of nitrogens with zero attached hydrogens (tertiary/aromatic N) is 1. The number of halogens is 2. The highest BCUT2D eigenvalue weighted by Crippen LogP contribution is 2.19. The number of aliphatic imine (C=N–C) groups is 1. The Morgan fingerprint density at radius 1 is 1.14 bits per heavy atom. The van der Waals surface area contributed by atoms with Crippen LogP contribution in [0.25, 0.3) is 0 Å². The first-order valence-electron chi connectivity index (χ1n) is 6.33. The zero-order valence-corrected chi connectivity index (χ0v) is 11.4. The van der Waals surface area contributed by atoms with Crippen LogP contribution in [0.1, 0.15) is 22.3 Å². The first kappa shape index (κ1) is 14.8. The highest BCUT2D eigenvalue weighted by Gasteiger charge is 2.09. The molecule has 0 fully saturated rings. The standard InChI is InChI=1S/C16H14F2N2O/c1-10-2-7-14(13(18)8-10)20-16(19)9-15(21)11-3-5-12(17)6-4-11/h2-8H,9H2,1H3,(H2,19,20). The molecule has 3 nitrogen and oxygen atoms in total. The van der Waals surface area contributed by atoms with Crippen LogP contribution in [0.2, 0.25) is 0 Å². The second-order valence-electron chi connectivity index (χ2n) is 4.66. The Kier molecular flexibility index (Phi) is 4.42. The van der Waals surface area contributed by atoms with Crippen LogP contribution < -0.4 is 5.73 Å². The van der Waals surface area contributed by atoms with Crippen molar-refractivity contribution in [3.8, 4) is 0 Å². The van der Waals surface area contributed by atoms with E-state index in [2.05, 4.69) is 4.99 Å². The Morgan fingerprint density at radius 3 is 2.43 bits per heavy atom. The Bertz CT molecular complexity index is 694. The fraction of sp³-hybridized carbons (Fsp3) is 0.125. The molecule has 0 aliphatic rings. The van der Waals surface area contributed by atoms with Gasteiger partial charge in [0, 0.05) is 5.56 Å². The summed E-state index contributed by atoms with van der Waals surface area (Å²) in [5.74, 6) is -1.21. The summed E-state index contributed by atoms with van der Waals surface area (Å²) >= 11 is 0. The van der Waals surface area contributed by atoms with E-state index < -0.39 is 11.6 Å². The summed E-state index contributed by atoms with van der Waals surface area (Å²) in [7, 11) is 0. The molecule has 0 amide bonds. The van der Waals surface area contributed by atoms with Crippen LogP contribution in [0, 0.1) is 18.6 Å². The number of carbonyl (C=O) groups excluding carboxylic acids is 1. The summed E-state index contributed by atoms with van der Waals surface area (Å²) in [6.45, 7) is 1.76. The van der Waals surface area contributed by atoms with Gasteiger partial charge in [-0.3, -0.25) is 4.79 Å². The maximum Gasteiger partial charge on any atom is 0.170 e. The molecular formula is C16H14F2N2O. The molecule has 0 saturated heterocycles. The molecular weight excluding hydrogens is 274 g/mol. The van der Waals surface area contributed by atoms with Gasteiger partial charge in [0.25, 0.3) is 0 Å². The lowest BCUT2D eigenvalue weighted by molar-refractivity contribution is 0.100. The number of benzene rings is 2. The molecule has 0 aliphatic carbocycles. The number of hydrogen-bond acceptors (Lipinski definition) is 2. The van der Waals surface area contributed by atoms with Crippen molar-refractivity contribution in [3.05, 3.63) is 65.2 Å². The minimum Gasteiger partial charge on any atom is -0.387 e. The normalized spacial score (nSPS) is 11.5. The van der Waals surface area contributed by atoms with Gasteiger partial charge in [-0.15, -0.1) is 0 Å². The Balaban J connectivity index is 2.13. The summed E-state index contributed by atoms with van der Waals surface area (Å²) in [4.78, 5) is 15.8. The van der Waals surface area contributed by atoms with Crippen LogP contribution >= 0.6 is 0 Å². The zero-order valence-electron chi connectivity index (χ0n) is 11.4. The van der Waals surface area contributed by atoms with E-state index in [4.69, 9.17) is 5.73 Å². The van der Waals surface area contributed by atoms with Crippen LogP contribution in [-0.2, 0) is 0 Å². The predicted octanol–water partition coefficient (Wildman–Crippen LogP) is 3.53. The number of carbonyl (C=O) groups is 1. The third kappa shape index (κ3) is 3.95. The van der Waals surface area contributed by atoms with Crippen molar-refractivity contribution < 1.29 is 13.6 Å². The number of ketones is 1. The van der Waals surface area contributed by atoms with Crippen molar-refractivity contribution in [2.45, 2.75) is 13.3 Å². The van der Waals surface area contributed by atoms with E-state index >= 15 is 0 Å². The minimum absolute atomic E-state index is 0.00655. The van der Waals surface area contributed by atoms with E-state index in [0.29, 0.717) is 5.56 Å². The SMILES string of the molecule is Cc1ccc(N=C(N)CC(=O)c2ccc(F)cc2)c(F)c1. The third-order valence-corrected chi connectivity index (χ3v) is 2.88. The summed E-state index contributed by atoms with van der Waals surface area (Å²) in [5.41, 5.74) is 6.86. The van der Waals surface area contributed by atoms with Gasteiger partial charge in [-0.05, 0) is 48.9 Å². The average molecular weight is 288 g/mol. The van der Waals surface area contributed by atoms with Gasteiger partial charge in [0.05, 0.1) is 6.42 Å². The summed E-state index contributed by atoms with van der Waals surface area (Å²) in [6, 6.07) is 9.68. The molecule has 5 heteroatoms. The van der Waals surface area contributed by atoms with Crippen LogP contribution in [0.3, 0.4) is 0 Å². The van der Waals surface area contributed by atoms with Gasteiger partial charge in [0.1, 0.15) is 23.2 Å². The van der Waals surface area contributed by atoms with Gasteiger partial charge in [-0.1, -0.05) is 6.07 Å². The van der Waals surface area contributed by atoms with Crippen molar-refractivity contribution in [1.29, 1.82) is 0 Å². The van der Waals surface area contributed by atoms with E-state index in [1.165, 1.54) is 36.4 Å². The Labute approximate surface area is 121 Å². The molecule has 0 radical (unpaired) electrons. The smallest absolute Gasteiger partial charge is 0.170 e. The van der Waals surface area contributed by atoms with Crippen molar-refractivity contribution >= 4 is 17.3 Å². The van der Waals surface area contributed by atoms with E-state index in [1.54, 1.807) is 13.0 Å². The van der Waals surface area contributed by atoms with Crippen LogP contribution in [-0.4, -0.2) is 11.6 Å². The van der Waals surface area contributed by atoms with E-state index in [1.807, 2.05) is 0 Å². The molecule has 0 aromatic heterocycles. The van der Waals surface area contributed by atoms with Crippen molar-refractivity contribution in [2.75, 3.05) is 0 Å². The number of hydrogen-bond donors (Lipinski definition) is 1. The van der Waals surface area contributed by atoms with E-state index in [9.17, 15) is 13.6 Å². The van der Waals surface area contributed by atoms with Gasteiger partial charge >= 0.3 is 0 Å². The summed E-state index contributed by atoms with van der Waals surface area (Å²) in [5, 5.41) is 0. The monoisotopic (exact) mass is 288 g/mol. The molecule has 0 bridgehead atoms. The maximum atomic E-state index is 13.6. The van der Waals surface area contributed by atoms with Gasteiger partial charge < -0.3 is 5.73 Å². The largest absolute Gasteiger partial charge is 0.387 e. The van der Waals surface area contributed by atoms with Gasteiger partial charge in [-0.2, -0.15) is 0 Å². The van der Waals surface area contributed by atoms with Crippen LogP contribution in [0.5, 0.6) is 0 Å². The van der Waals surface area contributed by atoms with E-state index in [-0.39, 0.29) is 23.7 Å². The molecule has 0 spiro atoms. The number of rotatable bonds is 4. The molecule has 21 heavy (non-hydrogen) atoms. The minimum atomic E-state index is -0.493. The molecule has 2 rings (SSSR count). The lowest BCUT2D eigenvalue weighted by Gasteiger charge is -2.03. The van der Waals surface area contributed by atoms with Crippen molar-refractivity contribution in [3.63, 3.8) is 0 Å². The quantitative estimate of drug-likeness (QED) is 0.531. The highest BCUT2D eigenvalue weighted by atomic mass is 19.1. The topological polar surface area (TPSA) is 55.4 Å². The zero-order chi connectivity index (χ0) is 15.4. The Morgan fingerprint density at radius 2 is 1.81 bits per heavy atom. The summed E-state index contributed by atoms with van der Waals surface area (Å²) in [6.07, 6.45) is -0.154. The maximum absolute atomic E-state index is 13.6. The molecule has 108 valence electrons. The Hall–Kier alpha value is -2.56. The fourth-order valence-corrected chi connectivity index (χ4v) is 1.80. The average Bonchev–Trinajstić information content (AvgIpc) is 2.42. The molecule has 2 aromatic carbocycles. The van der Waals surface area contributed by atoms with Crippen molar-refractivity contribution in [1.82, 2.24) is 0 Å². The molecule has 0 aliphatic heterocycles. The first-order valence-corrected chi connectivity index (χ1v) is 6.33.